The van der Waals surface area contributed by atoms with E-state index in [1.165, 1.54) is 0 Å². The average Bonchev–Trinajstić information content (AvgIpc) is 3.07. The van der Waals surface area contributed by atoms with E-state index in [2.05, 4.69) is 37.6 Å². The van der Waals surface area contributed by atoms with E-state index in [0.29, 0.717) is 19.5 Å². The molecule has 0 spiro atoms. The fraction of sp³-hybridized carbons (Fsp3) is 0.640. The van der Waals surface area contributed by atoms with Crippen molar-refractivity contribution in [3.8, 4) is 0 Å². The van der Waals surface area contributed by atoms with Gasteiger partial charge in [-0.3, -0.25) is 9.59 Å². The number of nitrogens with one attached hydrogen (secondary N) is 1. The van der Waals surface area contributed by atoms with Crippen LogP contribution in [-0.2, 0) is 22.6 Å². The van der Waals surface area contributed by atoms with Gasteiger partial charge >= 0.3 is 0 Å². The lowest BCUT2D eigenvalue weighted by Crippen LogP contribution is -2.45. The molecule has 6 nitrogen and oxygen atoms in total. The van der Waals surface area contributed by atoms with Crippen LogP contribution in [-0.4, -0.2) is 44.9 Å². The molecular formula is C25H40N4O2. The molecule has 0 saturated heterocycles. The second-order valence-corrected chi connectivity index (χ2v) is 9.53. The highest BCUT2D eigenvalue weighted by Crippen LogP contribution is 2.20. The molecule has 0 fully saturated rings. The highest BCUT2D eigenvalue weighted by atomic mass is 16.2. The van der Waals surface area contributed by atoms with Crippen LogP contribution in [0.4, 0.5) is 0 Å². The fourth-order valence-corrected chi connectivity index (χ4v) is 3.74. The Morgan fingerprint density at radius 2 is 1.71 bits per heavy atom. The normalized spacial score (nSPS) is 13.8. The van der Waals surface area contributed by atoms with Gasteiger partial charge in [0.1, 0.15) is 12.4 Å². The van der Waals surface area contributed by atoms with E-state index in [9.17, 15) is 9.59 Å². The molecule has 2 unspecified atom stereocenters. The Balaban J connectivity index is 2.20. The van der Waals surface area contributed by atoms with Gasteiger partial charge in [0.15, 0.2) is 0 Å². The van der Waals surface area contributed by atoms with Gasteiger partial charge in [0.25, 0.3) is 0 Å². The van der Waals surface area contributed by atoms with Gasteiger partial charge in [0.2, 0.25) is 11.8 Å². The summed E-state index contributed by atoms with van der Waals surface area (Å²) in [7, 11) is 0. The lowest BCUT2D eigenvalue weighted by atomic mass is 9.96. The highest BCUT2D eigenvalue weighted by Gasteiger charge is 2.25. The van der Waals surface area contributed by atoms with Gasteiger partial charge in [-0.25, -0.2) is 4.98 Å². The molecule has 0 saturated carbocycles. The van der Waals surface area contributed by atoms with Gasteiger partial charge < -0.3 is 14.8 Å². The smallest absolute Gasteiger partial charge is 0.243 e. The minimum atomic E-state index is -0.394. The summed E-state index contributed by atoms with van der Waals surface area (Å²) in [6.45, 7) is 15.1. The highest BCUT2D eigenvalue weighted by molar-refractivity contribution is 5.82. The van der Waals surface area contributed by atoms with Crippen LogP contribution in [0.5, 0.6) is 0 Å². The Kier molecular flexibility index (Phi) is 8.66. The quantitative estimate of drug-likeness (QED) is 0.564. The summed E-state index contributed by atoms with van der Waals surface area (Å²) >= 11 is 0. The second kappa shape index (κ2) is 10.8. The summed E-state index contributed by atoms with van der Waals surface area (Å²) in [6, 6.07) is 8.37. The number of aromatic nitrogens is 2. The summed E-state index contributed by atoms with van der Waals surface area (Å²) in [5.41, 5.74) is 1.50. The molecule has 1 N–H and O–H groups in total. The summed E-state index contributed by atoms with van der Waals surface area (Å²) in [6.07, 6.45) is 3.35. The zero-order valence-corrected chi connectivity index (χ0v) is 20.4. The van der Waals surface area contributed by atoms with Crippen molar-refractivity contribution in [1.29, 1.82) is 0 Å². The van der Waals surface area contributed by atoms with Gasteiger partial charge in [0.05, 0.1) is 11.0 Å². The maximum absolute atomic E-state index is 13.4. The second-order valence-electron chi connectivity index (χ2n) is 9.53. The molecule has 0 aliphatic heterocycles. The van der Waals surface area contributed by atoms with Crippen LogP contribution < -0.4 is 5.32 Å². The number of amides is 2. The number of nitrogens with zero attached hydrogens (tertiary/aromatic N) is 3. The Hall–Kier alpha value is -2.37. The lowest BCUT2D eigenvalue weighted by molar-refractivity contribution is -0.136. The largest absolute Gasteiger partial charge is 0.356 e. The van der Waals surface area contributed by atoms with Gasteiger partial charge in [-0.15, -0.1) is 0 Å². The molecule has 2 rings (SSSR count). The number of carbonyl (C=O) groups excluding carboxylic acids is 2. The number of hydrogen-bond donors (Lipinski definition) is 1. The molecule has 2 aromatic rings. The van der Waals surface area contributed by atoms with E-state index in [1.54, 1.807) is 0 Å². The van der Waals surface area contributed by atoms with E-state index in [4.69, 9.17) is 4.98 Å². The van der Waals surface area contributed by atoms with Crippen molar-refractivity contribution in [3.05, 3.63) is 30.1 Å². The molecule has 0 bridgehead atoms. The van der Waals surface area contributed by atoms with E-state index in [1.807, 2.05) is 49.9 Å². The zero-order chi connectivity index (χ0) is 23.2. The molecule has 0 radical (unpaired) electrons. The Labute approximate surface area is 187 Å². The molecule has 0 aliphatic rings. The molecule has 172 valence electrons. The van der Waals surface area contributed by atoms with Crippen LogP contribution in [0.15, 0.2) is 24.3 Å². The maximum atomic E-state index is 13.4. The van der Waals surface area contributed by atoms with E-state index < -0.39 is 5.41 Å². The minimum Gasteiger partial charge on any atom is -0.356 e. The molecule has 1 aromatic heterocycles. The number of hydrogen-bond acceptors (Lipinski definition) is 3. The Morgan fingerprint density at radius 3 is 2.29 bits per heavy atom. The average molecular weight is 429 g/mol. The van der Waals surface area contributed by atoms with Crippen LogP contribution in [0, 0.1) is 5.41 Å². The number of benzene rings is 1. The van der Waals surface area contributed by atoms with E-state index >= 15 is 0 Å². The number of imidazole rings is 1. The van der Waals surface area contributed by atoms with E-state index in [-0.39, 0.29) is 23.9 Å². The minimum absolute atomic E-state index is 0.0499. The molecule has 2 atom stereocenters. The van der Waals surface area contributed by atoms with Crippen molar-refractivity contribution in [1.82, 2.24) is 19.8 Å². The molecule has 0 aliphatic carbocycles. The van der Waals surface area contributed by atoms with Gasteiger partial charge in [-0.05, 0) is 45.2 Å². The van der Waals surface area contributed by atoms with Gasteiger partial charge in [-0.1, -0.05) is 46.8 Å². The third-order valence-corrected chi connectivity index (χ3v) is 5.99. The summed E-state index contributed by atoms with van der Waals surface area (Å²) < 4.78 is 2.06. The Morgan fingerprint density at radius 1 is 1.10 bits per heavy atom. The van der Waals surface area contributed by atoms with Gasteiger partial charge in [-0.2, -0.15) is 0 Å². The van der Waals surface area contributed by atoms with Crippen molar-refractivity contribution >= 4 is 22.8 Å². The number of fused-ring (bicyclic) bond motifs is 1. The predicted molar refractivity (Wildman–Crippen MR) is 127 cm³/mol. The first-order valence-corrected chi connectivity index (χ1v) is 11.6. The molecular weight excluding hydrogens is 388 g/mol. The van der Waals surface area contributed by atoms with Crippen LogP contribution >= 0.6 is 0 Å². The van der Waals surface area contributed by atoms with E-state index in [0.717, 1.165) is 36.1 Å². The monoisotopic (exact) mass is 428 g/mol. The molecule has 31 heavy (non-hydrogen) atoms. The predicted octanol–water partition coefficient (Wildman–Crippen LogP) is 4.56. The maximum Gasteiger partial charge on any atom is 0.243 e. The lowest BCUT2D eigenvalue weighted by Gasteiger charge is -2.34. The molecule has 6 heteroatoms. The third kappa shape index (κ3) is 6.31. The number of rotatable bonds is 10. The van der Waals surface area contributed by atoms with Crippen molar-refractivity contribution in [2.75, 3.05) is 6.54 Å². The zero-order valence-electron chi connectivity index (χ0n) is 20.4. The first-order chi connectivity index (χ1) is 14.6. The van der Waals surface area contributed by atoms with Crippen LogP contribution in [0.2, 0.25) is 0 Å². The number of carbonyl (C=O) groups is 2. The topological polar surface area (TPSA) is 67.2 Å². The first-order valence-electron chi connectivity index (χ1n) is 11.6. The van der Waals surface area contributed by atoms with Crippen LogP contribution in [0.1, 0.15) is 73.6 Å². The number of para-hydroxylation sites is 2. The van der Waals surface area contributed by atoms with Crippen molar-refractivity contribution in [3.63, 3.8) is 0 Å². The molecule has 2 amide bonds. The summed E-state index contributed by atoms with van der Waals surface area (Å²) in [5, 5.41) is 3.00. The van der Waals surface area contributed by atoms with Crippen molar-refractivity contribution in [2.24, 2.45) is 5.41 Å². The Bertz CT molecular complexity index is 871. The summed E-state index contributed by atoms with van der Waals surface area (Å²) in [5.74, 6) is 1.08. The fourth-order valence-electron chi connectivity index (χ4n) is 3.74. The van der Waals surface area contributed by atoms with Gasteiger partial charge in [0, 0.05) is 30.5 Å². The summed E-state index contributed by atoms with van der Waals surface area (Å²) in [4.78, 5) is 32.3. The van der Waals surface area contributed by atoms with Crippen LogP contribution in [0.3, 0.4) is 0 Å². The SMILES string of the molecule is CCC(C)N(C(=O)Cn1c(CCCNC(=O)C(C)(C)C)nc2ccccc21)C(C)CC. The number of aryl methyl sites for hydroxylation is 1. The van der Waals surface area contributed by atoms with Crippen molar-refractivity contribution in [2.45, 2.75) is 92.8 Å². The van der Waals surface area contributed by atoms with Crippen molar-refractivity contribution < 1.29 is 9.59 Å². The molecule has 1 aromatic carbocycles. The standard InChI is InChI=1S/C25H40N4O2/c1-8-18(3)29(19(4)9-2)23(30)17-28-21-14-11-10-13-20(21)27-22(28)15-12-16-26-24(31)25(5,6)7/h10-11,13-14,18-19H,8-9,12,15-17H2,1-7H3,(H,26,31). The first kappa shape index (κ1) is 24.9. The third-order valence-electron chi connectivity index (χ3n) is 5.99. The molecule has 1 heterocycles. The van der Waals surface area contributed by atoms with Crippen LogP contribution in [0.25, 0.3) is 11.0 Å².